The number of nitrogens with zero attached hydrogens (tertiary/aromatic N) is 1. The van der Waals surface area contributed by atoms with Crippen molar-refractivity contribution >= 4 is 0 Å². The van der Waals surface area contributed by atoms with E-state index in [4.69, 9.17) is 5.73 Å². The van der Waals surface area contributed by atoms with Gasteiger partial charge in [-0.05, 0) is 49.4 Å². The Morgan fingerprint density at radius 3 is 2.39 bits per heavy atom. The fraction of sp³-hybridized carbons (Fsp3) is 0.450. The zero-order valence-corrected chi connectivity index (χ0v) is 14.1. The van der Waals surface area contributed by atoms with Crippen molar-refractivity contribution in [3.8, 4) is 0 Å². The molecule has 3 heteroatoms. The molecule has 2 aromatic rings. The van der Waals surface area contributed by atoms with Gasteiger partial charge in [-0.1, -0.05) is 44.0 Å². The Kier molecular flexibility index (Phi) is 4.67. The summed E-state index contributed by atoms with van der Waals surface area (Å²) in [6.07, 6.45) is 5.64. The summed E-state index contributed by atoms with van der Waals surface area (Å²) in [6.45, 7) is 4.15. The van der Waals surface area contributed by atoms with Crippen LogP contribution < -0.4 is 11.3 Å². The van der Waals surface area contributed by atoms with E-state index in [-0.39, 0.29) is 11.6 Å². The van der Waals surface area contributed by atoms with Gasteiger partial charge in [-0.15, -0.1) is 0 Å². The van der Waals surface area contributed by atoms with Crippen LogP contribution in [0.1, 0.15) is 67.1 Å². The zero-order chi connectivity index (χ0) is 16.4. The highest BCUT2D eigenvalue weighted by molar-refractivity contribution is 5.33. The Morgan fingerprint density at radius 2 is 1.78 bits per heavy atom. The molecular formula is C20H26N2O. The average molecular weight is 310 g/mol. The van der Waals surface area contributed by atoms with Crippen LogP contribution in [0.25, 0.3) is 0 Å². The number of hydrogen-bond donors (Lipinski definition) is 1. The average Bonchev–Trinajstić information content (AvgIpc) is 3.09. The highest BCUT2D eigenvalue weighted by Crippen LogP contribution is 2.29. The molecule has 1 aliphatic carbocycles. The highest BCUT2D eigenvalue weighted by atomic mass is 16.1. The highest BCUT2D eigenvalue weighted by Gasteiger charge is 2.22. The lowest BCUT2D eigenvalue weighted by molar-refractivity contribution is 0.486. The molecule has 3 rings (SSSR count). The summed E-state index contributed by atoms with van der Waals surface area (Å²) in [4.78, 5) is 13.0. The van der Waals surface area contributed by atoms with Gasteiger partial charge in [0, 0.05) is 17.3 Å². The number of hydrogen-bond acceptors (Lipinski definition) is 2. The van der Waals surface area contributed by atoms with E-state index in [1.807, 2.05) is 35.8 Å². The van der Waals surface area contributed by atoms with E-state index < -0.39 is 0 Å². The summed E-state index contributed by atoms with van der Waals surface area (Å²) in [5.41, 5.74) is 10.5. The lowest BCUT2D eigenvalue weighted by Gasteiger charge is -2.20. The zero-order valence-electron chi connectivity index (χ0n) is 14.1. The second kappa shape index (κ2) is 6.71. The van der Waals surface area contributed by atoms with Crippen LogP contribution in [0.5, 0.6) is 0 Å². The molecule has 0 bridgehead atoms. The standard InChI is InChI=1S/C20H26N2O/c1-3-15-9-11-16(12-10-15)19(21)18-13-8-14(2)22(20(18)23)17-6-4-5-7-17/h8-13,17,19H,3-7,21H2,1-2H3. The van der Waals surface area contributed by atoms with Crippen molar-refractivity contribution in [3.63, 3.8) is 0 Å². The summed E-state index contributed by atoms with van der Waals surface area (Å²) in [5.74, 6) is 0. The van der Waals surface area contributed by atoms with Crippen molar-refractivity contribution in [2.75, 3.05) is 0 Å². The smallest absolute Gasteiger partial charge is 0.256 e. The first-order valence-electron chi connectivity index (χ1n) is 8.68. The van der Waals surface area contributed by atoms with Gasteiger partial charge in [-0.3, -0.25) is 4.79 Å². The molecule has 1 heterocycles. The van der Waals surface area contributed by atoms with Crippen molar-refractivity contribution in [1.29, 1.82) is 0 Å². The predicted octanol–water partition coefficient (Wildman–Crippen LogP) is 3.88. The molecule has 1 fully saturated rings. The molecule has 1 aromatic carbocycles. The van der Waals surface area contributed by atoms with Crippen LogP contribution in [0.15, 0.2) is 41.2 Å². The van der Waals surface area contributed by atoms with Gasteiger partial charge in [0.1, 0.15) is 0 Å². The monoisotopic (exact) mass is 310 g/mol. The first-order chi connectivity index (χ1) is 11.1. The van der Waals surface area contributed by atoms with E-state index >= 15 is 0 Å². The van der Waals surface area contributed by atoms with Crippen LogP contribution in [0.4, 0.5) is 0 Å². The molecule has 0 spiro atoms. The third kappa shape index (κ3) is 3.11. The van der Waals surface area contributed by atoms with Crippen molar-refractivity contribution in [2.24, 2.45) is 5.73 Å². The molecule has 122 valence electrons. The Bertz CT molecular complexity index is 724. The maximum Gasteiger partial charge on any atom is 0.256 e. The second-order valence-corrected chi connectivity index (χ2v) is 6.62. The Balaban J connectivity index is 1.98. The van der Waals surface area contributed by atoms with Crippen molar-refractivity contribution in [2.45, 2.75) is 58.0 Å². The van der Waals surface area contributed by atoms with Crippen LogP contribution in [0.3, 0.4) is 0 Å². The first-order valence-corrected chi connectivity index (χ1v) is 8.68. The van der Waals surface area contributed by atoms with Gasteiger partial charge in [0.25, 0.3) is 5.56 Å². The minimum atomic E-state index is -0.360. The van der Waals surface area contributed by atoms with Gasteiger partial charge < -0.3 is 10.3 Å². The van der Waals surface area contributed by atoms with Crippen molar-refractivity contribution < 1.29 is 0 Å². The number of rotatable bonds is 4. The third-order valence-electron chi connectivity index (χ3n) is 5.12. The molecule has 0 amide bonds. The number of aromatic nitrogens is 1. The lowest BCUT2D eigenvalue weighted by atomic mass is 9.98. The van der Waals surface area contributed by atoms with Crippen LogP contribution in [0, 0.1) is 6.92 Å². The first kappa shape index (κ1) is 16.0. The minimum Gasteiger partial charge on any atom is -0.320 e. The molecule has 2 N–H and O–H groups in total. The van der Waals surface area contributed by atoms with Gasteiger partial charge in [0.15, 0.2) is 0 Å². The maximum atomic E-state index is 13.0. The van der Waals surface area contributed by atoms with Gasteiger partial charge in [-0.2, -0.15) is 0 Å². The molecule has 23 heavy (non-hydrogen) atoms. The van der Waals surface area contributed by atoms with Gasteiger partial charge in [-0.25, -0.2) is 0 Å². The van der Waals surface area contributed by atoms with Gasteiger partial charge >= 0.3 is 0 Å². The molecule has 1 atom stereocenters. The minimum absolute atomic E-state index is 0.0870. The van der Waals surface area contributed by atoms with Gasteiger partial charge in [0.2, 0.25) is 0 Å². The topological polar surface area (TPSA) is 48.0 Å². The number of benzene rings is 1. The predicted molar refractivity (Wildman–Crippen MR) is 94.8 cm³/mol. The summed E-state index contributed by atoms with van der Waals surface area (Å²) < 4.78 is 1.97. The van der Waals surface area contributed by atoms with E-state index in [2.05, 4.69) is 19.1 Å². The molecular weight excluding hydrogens is 284 g/mol. The summed E-state index contributed by atoms with van der Waals surface area (Å²) in [6, 6.07) is 12.2. The molecule has 1 saturated carbocycles. The summed E-state index contributed by atoms with van der Waals surface area (Å²) in [7, 11) is 0. The van der Waals surface area contributed by atoms with E-state index in [1.165, 1.54) is 18.4 Å². The quantitative estimate of drug-likeness (QED) is 0.931. The van der Waals surface area contributed by atoms with Crippen molar-refractivity contribution in [3.05, 3.63) is 69.1 Å². The second-order valence-electron chi connectivity index (χ2n) is 6.62. The summed E-state index contributed by atoms with van der Waals surface area (Å²) in [5, 5.41) is 0. The van der Waals surface area contributed by atoms with Crippen LogP contribution in [0.2, 0.25) is 0 Å². The molecule has 1 aliphatic rings. The van der Waals surface area contributed by atoms with E-state index in [0.29, 0.717) is 11.6 Å². The normalized spacial score (nSPS) is 16.7. The van der Waals surface area contributed by atoms with Crippen molar-refractivity contribution in [1.82, 2.24) is 4.57 Å². The molecule has 3 nitrogen and oxygen atoms in total. The Labute approximate surface area is 138 Å². The molecule has 0 saturated heterocycles. The SMILES string of the molecule is CCc1ccc(C(N)c2ccc(C)n(C3CCCC3)c2=O)cc1. The fourth-order valence-corrected chi connectivity index (χ4v) is 3.65. The lowest BCUT2D eigenvalue weighted by Crippen LogP contribution is -2.31. The van der Waals surface area contributed by atoms with Crippen LogP contribution in [-0.2, 0) is 6.42 Å². The van der Waals surface area contributed by atoms with Gasteiger partial charge in [0.05, 0.1) is 6.04 Å². The Hall–Kier alpha value is -1.87. The molecule has 1 unspecified atom stereocenters. The number of aryl methyl sites for hydroxylation is 2. The maximum absolute atomic E-state index is 13.0. The Morgan fingerprint density at radius 1 is 1.13 bits per heavy atom. The van der Waals surface area contributed by atoms with Crippen LogP contribution in [-0.4, -0.2) is 4.57 Å². The van der Waals surface area contributed by atoms with E-state index in [0.717, 1.165) is 30.5 Å². The number of pyridine rings is 1. The molecule has 0 radical (unpaired) electrons. The fourth-order valence-electron chi connectivity index (χ4n) is 3.65. The van der Waals surface area contributed by atoms with E-state index in [9.17, 15) is 4.79 Å². The molecule has 0 aliphatic heterocycles. The third-order valence-corrected chi connectivity index (χ3v) is 5.12. The molecule has 1 aromatic heterocycles. The van der Waals surface area contributed by atoms with E-state index in [1.54, 1.807) is 0 Å². The largest absolute Gasteiger partial charge is 0.320 e. The summed E-state index contributed by atoms with van der Waals surface area (Å²) >= 11 is 0. The number of nitrogens with two attached hydrogens (primary N) is 1. The van der Waals surface area contributed by atoms with Crippen LogP contribution >= 0.6 is 0 Å².